The van der Waals surface area contributed by atoms with E-state index in [1.807, 2.05) is 0 Å². The maximum absolute atomic E-state index is 5.57. The van der Waals surface area contributed by atoms with E-state index < -0.39 is 0 Å². The Morgan fingerprint density at radius 2 is 1.90 bits per heavy atom. The molecule has 0 atom stereocenters. The van der Waals surface area contributed by atoms with E-state index in [1.165, 1.54) is 49.8 Å². The maximum atomic E-state index is 5.57. The lowest BCUT2D eigenvalue weighted by molar-refractivity contribution is 0.0617. The molecule has 1 aromatic carbocycles. The lowest BCUT2D eigenvalue weighted by atomic mass is 10.0. The van der Waals surface area contributed by atoms with Crippen molar-refractivity contribution < 1.29 is 9.47 Å². The van der Waals surface area contributed by atoms with Crippen LogP contribution in [0.15, 0.2) is 24.3 Å². The lowest BCUT2D eigenvalue weighted by Gasteiger charge is -2.16. The molecular formula is C18H29NO2. The van der Waals surface area contributed by atoms with E-state index in [0.29, 0.717) is 19.8 Å². The van der Waals surface area contributed by atoms with Gasteiger partial charge in [0.1, 0.15) is 0 Å². The molecule has 1 aliphatic carbocycles. The Kier molecular flexibility index (Phi) is 7.61. The average molecular weight is 291 g/mol. The van der Waals surface area contributed by atoms with Gasteiger partial charge in [0, 0.05) is 19.3 Å². The second-order valence-electron chi connectivity index (χ2n) is 5.98. The van der Waals surface area contributed by atoms with Crippen LogP contribution >= 0.6 is 0 Å². The molecule has 1 fully saturated rings. The van der Waals surface area contributed by atoms with Crippen LogP contribution < -0.4 is 5.32 Å². The Balaban J connectivity index is 1.74. The predicted octanol–water partition coefficient (Wildman–Crippen LogP) is 4.23. The number of ether oxygens (including phenoxy) is 2. The predicted molar refractivity (Wildman–Crippen MR) is 87.7 cm³/mol. The van der Waals surface area contributed by atoms with Crippen molar-refractivity contribution in [1.82, 2.24) is 0 Å². The lowest BCUT2D eigenvalue weighted by Crippen LogP contribution is -2.13. The van der Waals surface area contributed by atoms with E-state index in [0.717, 1.165) is 12.5 Å². The summed E-state index contributed by atoms with van der Waals surface area (Å²) in [4.78, 5) is 0. The van der Waals surface area contributed by atoms with E-state index in [2.05, 4.69) is 29.6 Å². The zero-order valence-electron chi connectivity index (χ0n) is 13.3. The molecule has 0 saturated heterocycles. The Morgan fingerprint density at radius 3 is 2.67 bits per heavy atom. The van der Waals surface area contributed by atoms with Crippen LogP contribution in [0.3, 0.4) is 0 Å². The summed E-state index contributed by atoms with van der Waals surface area (Å²) in [7, 11) is 1.70. The van der Waals surface area contributed by atoms with Crippen LogP contribution in [0.5, 0.6) is 0 Å². The molecule has 0 aliphatic heterocycles. The summed E-state index contributed by atoms with van der Waals surface area (Å²) in [6, 6.07) is 8.56. The molecule has 0 spiro atoms. The Bertz CT molecular complexity index is 387. The summed E-state index contributed by atoms with van der Waals surface area (Å²) in [5, 5.41) is 3.60. The summed E-state index contributed by atoms with van der Waals surface area (Å²) in [5.74, 6) is 0.842. The molecule has 2 rings (SSSR count). The van der Waals surface area contributed by atoms with E-state index in [4.69, 9.17) is 9.47 Å². The van der Waals surface area contributed by atoms with Gasteiger partial charge in [0.15, 0.2) is 0 Å². The number of hydrogen-bond acceptors (Lipinski definition) is 3. The van der Waals surface area contributed by atoms with Crippen molar-refractivity contribution in [2.75, 3.05) is 32.2 Å². The molecule has 0 heterocycles. The largest absolute Gasteiger partial charge is 0.385 e. The van der Waals surface area contributed by atoms with Gasteiger partial charge in [-0.15, -0.1) is 0 Å². The quantitative estimate of drug-likeness (QED) is 0.574. The fourth-order valence-corrected chi connectivity index (χ4v) is 2.93. The van der Waals surface area contributed by atoms with Crippen LogP contribution in [0, 0.1) is 5.92 Å². The molecule has 3 nitrogen and oxygen atoms in total. The van der Waals surface area contributed by atoms with Crippen molar-refractivity contribution in [1.29, 1.82) is 0 Å². The fraction of sp³-hybridized carbons (Fsp3) is 0.667. The minimum Gasteiger partial charge on any atom is -0.385 e. The van der Waals surface area contributed by atoms with Gasteiger partial charge in [0.25, 0.3) is 0 Å². The number of hydrogen-bond donors (Lipinski definition) is 1. The first kappa shape index (κ1) is 16.3. The van der Waals surface area contributed by atoms with Gasteiger partial charge in [-0.1, -0.05) is 37.8 Å². The third kappa shape index (κ3) is 6.49. The van der Waals surface area contributed by atoms with Crippen molar-refractivity contribution in [2.24, 2.45) is 5.92 Å². The molecule has 0 aromatic heterocycles. The molecule has 0 unspecified atom stereocenters. The van der Waals surface area contributed by atoms with Crippen molar-refractivity contribution in [3.05, 3.63) is 29.8 Å². The fourth-order valence-electron chi connectivity index (χ4n) is 2.93. The van der Waals surface area contributed by atoms with Crippen LogP contribution in [-0.2, 0) is 16.1 Å². The Morgan fingerprint density at radius 1 is 1.10 bits per heavy atom. The van der Waals surface area contributed by atoms with Gasteiger partial charge in [-0.2, -0.15) is 0 Å². The Hall–Kier alpha value is -1.06. The molecule has 0 amide bonds. The second kappa shape index (κ2) is 9.80. The van der Waals surface area contributed by atoms with Crippen molar-refractivity contribution >= 4 is 5.69 Å². The normalized spacial score (nSPS) is 16.6. The first-order chi connectivity index (χ1) is 10.4. The Labute approximate surface area is 129 Å². The first-order valence-electron chi connectivity index (χ1n) is 8.28. The zero-order valence-corrected chi connectivity index (χ0v) is 13.3. The molecule has 0 bridgehead atoms. The molecule has 3 heteroatoms. The SMILES string of the molecule is COCCOCc1cccc(NCC2CCCCCC2)c1. The van der Waals surface area contributed by atoms with Gasteiger partial charge in [0.05, 0.1) is 19.8 Å². The summed E-state index contributed by atoms with van der Waals surface area (Å²) in [6.07, 6.45) is 8.41. The van der Waals surface area contributed by atoms with Gasteiger partial charge in [-0.25, -0.2) is 0 Å². The van der Waals surface area contributed by atoms with Gasteiger partial charge in [0.2, 0.25) is 0 Å². The standard InChI is InChI=1S/C18H29NO2/c1-20-11-12-21-15-17-9-6-10-18(13-17)19-14-16-7-4-2-3-5-8-16/h6,9-10,13,16,19H,2-5,7-8,11-12,14-15H2,1H3. The van der Waals surface area contributed by atoms with Gasteiger partial charge >= 0.3 is 0 Å². The summed E-state index contributed by atoms with van der Waals surface area (Å²) >= 11 is 0. The van der Waals surface area contributed by atoms with Crippen LogP contribution in [0.1, 0.15) is 44.1 Å². The number of anilines is 1. The van der Waals surface area contributed by atoms with Crippen LogP contribution in [0.25, 0.3) is 0 Å². The van der Waals surface area contributed by atoms with Gasteiger partial charge in [-0.05, 0) is 36.5 Å². The molecule has 0 radical (unpaired) electrons. The average Bonchev–Trinajstić information content (AvgIpc) is 2.79. The first-order valence-corrected chi connectivity index (χ1v) is 8.28. The smallest absolute Gasteiger partial charge is 0.0718 e. The highest BCUT2D eigenvalue weighted by Crippen LogP contribution is 2.23. The molecule has 1 aromatic rings. The molecule has 118 valence electrons. The summed E-state index contributed by atoms with van der Waals surface area (Å²) in [5.41, 5.74) is 2.43. The second-order valence-corrected chi connectivity index (χ2v) is 5.98. The highest BCUT2D eigenvalue weighted by molar-refractivity contribution is 5.45. The molecular weight excluding hydrogens is 262 g/mol. The van der Waals surface area contributed by atoms with Crippen molar-refractivity contribution in [3.63, 3.8) is 0 Å². The van der Waals surface area contributed by atoms with Crippen molar-refractivity contribution in [3.8, 4) is 0 Å². The molecule has 1 N–H and O–H groups in total. The highest BCUT2D eigenvalue weighted by Gasteiger charge is 2.11. The number of methoxy groups -OCH3 is 1. The number of nitrogens with one attached hydrogen (secondary N) is 1. The number of rotatable bonds is 8. The van der Waals surface area contributed by atoms with Crippen LogP contribution in [-0.4, -0.2) is 26.9 Å². The zero-order chi connectivity index (χ0) is 14.8. The molecule has 1 saturated carbocycles. The van der Waals surface area contributed by atoms with Crippen LogP contribution in [0.4, 0.5) is 5.69 Å². The van der Waals surface area contributed by atoms with E-state index in [9.17, 15) is 0 Å². The monoisotopic (exact) mass is 291 g/mol. The summed E-state index contributed by atoms with van der Waals surface area (Å²) in [6.45, 7) is 3.06. The van der Waals surface area contributed by atoms with Gasteiger partial charge in [-0.3, -0.25) is 0 Å². The topological polar surface area (TPSA) is 30.5 Å². The molecule has 21 heavy (non-hydrogen) atoms. The minimum atomic E-state index is 0.649. The summed E-state index contributed by atoms with van der Waals surface area (Å²) < 4.78 is 10.6. The van der Waals surface area contributed by atoms with E-state index in [1.54, 1.807) is 7.11 Å². The van der Waals surface area contributed by atoms with Gasteiger partial charge < -0.3 is 14.8 Å². The highest BCUT2D eigenvalue weighted by atomic mass is 16.5. The van der Waals surface area contributed by atoms with Crippen LogP contribution in [0.2, 0.25) is 0 Å². The minimum absolute atomic E-state index is 0.649. The third-order valence-electron chi connectivity index (χ3n) is 4.20. The van der Waals surface area contributed by atoms with E-state index >= 15 is 0 Å². The number of benzene rings is 1. The maximum Gasteiger partial charge on any atom is 0.0718 e. The third-order valence-corrected chi connectivity index (χ3v) is 4.20. The van der Waals surface area contributed by atoms with Crippen molar-refractivity contribution in [2.45, 2.75) is 45.1 Å². The molecule has 1 aliphatic rings. The van der Waals surface area contributed by atoms with E-state index in [-0.39, 0.29) is 0 Å².